The molecule has 1 atom stereocenters. The van der Waals surface area contributed by atoms with Crippen molar-refractivity contribution >= 4 is 17.2 Å². The summed E-state index contributed by atoms with van der Waals surface area (Å²) < 4.78 is 0. The second-order valence-electron chi connectivity index (χ2n) is 6.80. The Kier molecular flexibility index (Phi) is 5.55. The number of benzene rings is 1. The molecule has 0 aliphatic carbocycles. The Bertz CT molecular complexity index is 660. The number of thiazole rings is 1. The predicted molar refractivity (Wildman–Crippen MR) is 94.7 cm³/mol. The number of amides is 1. The molecule has 124 valence electrons. The molecule has 2 rings (SSSR count). The van der Waals surface area contributed by atoms with Crippen LogP contribution in [0.2, 0.25) is 0 Å². The first kappa shape index (κ1) is 17.6. The molecule has 0 radical (unpaired) electrons. The largest absolute Gasteiger partial charge is 0.393 e. The highest BCUT2D eigenvalue weighted by Crippen LogP contribution is 2.24. The van der Waals surface area contributed by atoms with Crippen LogP contribution >= 0.6 is 11.3 Å². The molecule has 1 heterocycles. The number of aromatic nitrogens is 1. The highest BCUT2D eigenvalue weighted by Gasteiger charge is 2.22. The maximum Gasteiger partial charge on any atom is 0.270 e. The minimum atomic E-state index is -0.380. The van der Waals surface area contributed by atoms with E-state index in [-0.39, 0.29) is 17.4 Å². The lowest BCUT2D eigenvalue weighted by Crippen LogP contribution is -2.35. The monoisotopic (exact) mass is 332 g/mol. The van der Waals surface area contributed by atoms with Gasteiger partial charge >= 0.3 is 0 Å². The molecule has 1 unspecified atom stereocenters. The van der Waals surface area contributed by atoms with Crippen LogP contribution in [0.1, 0.15) is 43.2 Å². The highest BCUT2D eigenvalue weighted by molar-refractivity contribution is 7.13. The molecule has 2 aromatic rings. The fourth-order valence-electron chi connectivity index (χ4n) is 2.49. The molecular formula is C18H24N2O2S. The van der Waals surface area contributed by atoms with E-state index in [2.05, 4.69) is 10.3 Å². The van der Waals surface area contributed by atoms with E-state index in [9.17, 15) is 9.90 Å². The number of carbonyl (C=O) groups excluding carboxylic acids is 1. The number of nitrogens with one attached hydrogen (secondary N) is 1. The third kappa shape index (κ3) is 5.15. The number of aryl methyl sites for hydroxylation is 1. The molecule has 0 saturated carbocycles. The summed E-state index contributed by atoms with van der Waals surface area (Å²) in [6.45, 7) is 8.36. The van der Waals surface area contributed by atoms with E-state index in [4.69, 9.17) is 0 Å². The molecule has 0 bridgehead atoms. The zero-order chi connectivity index (χ0) is 17.0. The molecule has 2 N–H and O–H groups in total. The van der Waals surface area contributed by atoms with Crippen LogP contribution in [0, 0.1) is 12.3 Å². The van der Waals surface area contributed by atoms with Gasteiger partial charge in [-0.15, -0.1) is 11.3 Å². The summed E-state index contributed by atoms with van der Waals surface area (Å²) in [4.78, 5) is 16.7. The number of aliphatic hydroxyl groups is 1. The smallest absolute Gasteiger partial charge is 0.270 e. The van der Waals surface area contributed by atoms with E-state index < -0.39 is 0 Å². The maximum atomic E-state index is 12.2. The van der Waals surface area contributed by atoms with Gasteiger partial charge in [0.25, 0.3) is 5.91 Å². The van der Waals surface area contributed by atoms with Crippen LogP contribution in [0.4, 0.5) is 0 Å². The maximum absolute atomic E-state index is 12.2. The molecule has 0 aliphatic rings. The van der Waals surface area contributed by atoms with Crippen LogP contribution in [0.3, 0.4) is 0 Å². The summed E-state index contributed by atoms with van der Waals surface area (Å²) in [7, 11) is 0. The van der Waals surface area contributed by atoms with Crippen molar-refractivity contribution in [3.63, 3.8) is 0 Å². The van der Waals surface area contributed by atoms with Gasteiger partial charge in [-0.2, -0.15) is 0 Å². The van der Waals surface area contributed by atoms with Gasteiger partial charge in [0.2, 0.25) is 0 Å². The molecule has 23 heavy (non-hydrogen) atoms. The van der Waals surface area contributed by atoms with Gasteiger partial charge in [-0.3, -0.25) is 4.79 Å². The fraction of sp³-hybridized carbons (Fsp3) is 0.444. The van der Waals surface area contributed by atoms with Gasteiger partial charge in [0.1, 0.15) is 10.7 Å². The summed E-state index contributed by atoms with van der Waals surface area (Å²) >= 11 is 1.47. The fourth-order valence-corrected chi connectivity index (χ4v) is 3.29. The van der Waals surface area contributed by atoms with Gasteiger partial charge in [-0.25, -0.2) is 4.98 Å². The SMILES string of the molecule is Cc1ccc(-c2nc(C(=O)NCC(C)(C)CC(C)O)cs2)cc1. The first-order valence-electron chi connectivity index (χ1n) is 7.76. The van der Waals surface area contributed by atoms with Gasteiger partial charge in [-0.1, -0.05) is 43.7 Å². The minimum Gasteiger partial charge on any atom is -0.393 e. The minimum absolute atomic E-state index is 0.153. The van der Waals surface area contributed by atoms with Gasteiger partial charge in [0.15, 0.2) is 0 Å². The summed E-state index contributed by atoms with van der Waals surface area (Å²) in [5.41, 5.74) is 2.51. The van der Waals surface area contributed by atoms with E-state index in [0.717, 1.165) is 10.6 Å². The second-order valence-corrected chi connectivity index (χ2v) is 7.66. The Morgan fingerprint density at radius 1 is 1.35 bits per heavy atom. The van der Waals surface area contributed by atoms with Crippen LogP contribution in [0.5, 0.6) is 0 Å². The lowest BCUT2D eigenvalue weighted by atomic mass is 9.87. The zero-order valence-corrected chi connectivity index (χ0v) is 14.9. The van der Waals surface area contributed by atoms with E-state index >= 15 is 0 Å². The Labute approximate surface area is 141 Å². The van der Waals surface area contributed by atoms with Crippen LogP contribution in [-0.2, 0) is 0 Å². The highest BCUT2D eigenvalue weighted by atomic mass is 32.1. The van der Waals surface area contributed by atoms with E-state index in [1.807, 2.05) is 45.0 Å². The zero-order valence-electron chi connectivity index (χ0n) is 14.1. The Morgan fingerprint density at radius 2 is 2.00 bits per heavy atom. The molecule has 0 aliphatic heterocycles. The van der Waals surface area contributed by atoms with E-state index in [1.165, 1.54) is 16.9 Å². The molecular weight excluding hydrogens is 308 g/mol. The Morgan fingerprint density at radius 3 is 2.61 bits per heavy atom. The first-order valence-corrected chi connectivity index (χ1v) is 8.64. The van der Waals surface area contributed by atoms with Crippen LogP contribution < -0.4 is 5.32 Å². The van der Waals surface area contributed by atoms with Crippen LogP contribution in [0.25, 0.3) is 10.6 Å². The first-order chi connectivity index (χ1) is 10.8. The lowest BCUT2D eigenvalue weighted by molar-refractivity contribution is 0.0898. The van der Waals surface area contributed by atoms with Crippen molar-refractivity contribution in [2.75, 3.05) is 6.54 Å². The van der Waals surface area contributed by atoms with Crippen LogP contribution in [-0.4, -0.2) is 28.6 Å². The molecule has 0 saturated heterocycles. The summed E-state index contributed by atoms with van der Waals surface area (Å²) in [6, 6.07) is 8.10. The molecule has 0 fully saturated rings. The van der Waals surface area contributed by atoms with E-state index in [1.54, 1.807) is 12.3 Å². The number of carbonyl (C=O) groups is 1. The lowest BCUT2D eigenvalue weighted by Gasteiger charge is -2.26. The van der Waals surface area contributed by atoms with Gasteiger partial charge in [0, 0.05) is 17.5 Å². The molecule has 1 amide bonds. The molecule has 1 aromatic heterocycles. The van der Waals surface area contributed by atoms with Crippen molar-refractivity contribution in [2.24, 2.45) is 5.41 Å². The van der Waals surface area contributed by atoms with E-state index in [0.29, 0.717) is 18.7 Å². The molecule has 5 heteroatoms. The number of nitrogens with zero attached hydrogens (tertiary/aromatic N) is 1. The third-order valence-electron chi connectivity index (χ3n) is 3.61. The van der Waals surface area contributed by atoms with Crippen molar-refractivity contribution < 1.29 is 9.90 Å². The van der Waals surface area contributed by atoms with Crippen molar-refractivity contribution in [2.45, 2.75) is 40.2 Å². The molecule has 1 aromatic carbocycles. The van der Waals surface area contributed by atoms with Crippen molar-refractivity contribution in [3.05, 3.63) is 40.9 Å². The van der Waals surface area contributed by atoms with Crippen molar-refractivity contribution in [1.82, 2.24) is 10.3 Å². The van der Waals surface area contributed by atoms with Crippen LogP contribution in [0.15, 0.2) is 29.6 Å². The predicted octanol–water partition coefficient (Wildman–Crippen LogP) is 3.65. The molecule has 4 nitrogen and oxygen atoms in total. The average Bonchev–Trinajstić information content (AvgIpc) is 2.94. The summed E-state index contributed by atoms with van der Waals surface area (Å²) in [5, 5.41) is 15.0. The number of hydrogen-bond acceptors (Lipinski definition) is 4. The van der Waals surface area contributed by atoms with Crippen molar-refractivity contribution in [1.29, 1.82) is 0 Å². The Hall–Kier alpha value is -1.72. The standard InChI is InChI=1S/C18H24N2O2S/c1-12-5-7-14(8-6-12)17-20-15(10-23-17)16(22)19-11-18(3,4)9-13(2)21/h5-8,10,13,21H,9,11H2,1-4H3,(H,19,22). The van der Waals surface area contributed by atoms with Crippen molar-refractivity contribution in [3.8, 4) is 10.6 Å². The number of aliphatic hydroxyl groups excluding tert-OH is 1. The average molecular weight is 332 g/mol. The second kappa shape index (κ2) is 7.23. The summed E-state index contributed by atoms with van der Waals surface area (Å²) in [6.07, 6.45) is 0.258. The Balaban J connectivity index is 2.00. The summed E-state index contributed by atoms with van der Waals surface area (Å²) in [5.74, 6) is -0.168. The third-order valence-corrected chi connectivity index (χ3v) is 4.50. The quantitative estimate of drug-likeness (QED) is 0.849. The normalized spacial score (nSPS) is 12.9. The number of rotatable bonds is 6. The van der Waals surface area contributed by atoms with Gasteiger partial charge in [0.05, 0.1) is 6.10 Å². The van der Waals surface area contributed by atoms with Gasteiger partial charge < -0.3 is 10.4 Å². The number of hydrogen-bond donors (Lipinski definition) is 2. The topological polar surface area (TPSA) is 62.2 Å². The van der Waals surface area contributed by atoms with Gasteiger partial charge in [-0.05, 0) is 25.7 Å². The molecule has 0 spiro atoms.